The van der Waals surface area contributed by atoms with Gasteiger partial charge in [0.15, 0.2) is 9.84 Å². The Morgan fingerprint density at radius 3 is 2.44 bits per heavy atom. The Hall–Kier alpha value is -1.54. The predicted octanol–water partition coefficient (Wildman–Crippen LogP) is 1.81. The summed E-state index contributed by atoms with van der Waals surface area (Å²) >= 11 is 0. The lowest BCUT2D eigenvalue weighted by molar-refractivity contribution is 0.602. The molecule has 0 heterocycles. The first-order valence-electron chi connectivity index (χ1n) is 4.95. The van der Waals surface area contributed by atoms with E-state index in [1.165, 1.54) is 6.26 Å². The van der Waals surface area contributed by atoms with E-state index in [1.807, 2.05) is 0 Å². The highest BCUT2D eigenvalue weighted by Crippen LogP contribution is 2.13. The molecule has 0 aliphatic rings. The van der Waals surface area contributed by atoms with Crippen LogP contribution in [0.1, 0.15) is 12.8 Å². The predicted molar refractivity (Wildman–Crippen MR) is 62.9 cm³/mol. The van der Waals surface area contributed by atoms with Crippen LogP contribution in [0, 0.1) is 11.3 Å². The minimum absolute atomic E-state index is 0.315. The lowest BCUT2D eigenvalue weighted by atomic mass is 10.3. The smallest absolute Gasteiger partial charge is 0.175 e. The van der Waals surface area contributed by atoms with E-state index >= 15 is 0 Å². The fraction of sp³-hybridized carbons (Fsp3) is 0.364. The molecule has 0 aromatic heterocycles. The van der Waals surface area contributed by atoms with E-state index < -0.39 is 9.84 Å². The van der Waals surface area contributed by atoms with Crippen LogP contribution in [-0.4, -0.2) is 21.2 Å². The molecule has 0 saturated heterocycles. The molecule has 0 atom stereocenters. The molecule has 0 spiro atoms. The summed E-state index contributed by atoms with van der Waals surface area (Å²) in [5, 5.41) is 11.5. The SMILES string of the molecule is CS(=O)(=O)c1ccc(NCCCC#N)cc1. The maximum atomic E-state index is 11.2. The number of anilines is 1. The molecule has 1 aromatic carbocycles. The van der Waals surface area contributed by atoms with E-state index in [2.05, 4.69) is 11.4 Å². The number of sulfone groups is 1. The standard InChI is InChI=1S/C11H14N2O2S/c1-16(14,15)11-6-4-10(5-7-11)13-9-3-2-8-12/h4-7,13H,2-3,9H2,1H3. The minimum atomic E-state index is -3.12. The van der Waals surface area contributed by atoms with Crippen LogP contribution in [0.25, 0.3) is 0 Å². The molecular formula is C11H14N2O2S. The van der Waals surface area contributed by atoms with Crippen LogP contribution >= 0.6 is 0 Å². The normalized spacial score (nSPS) is 10.8. The van der Waals surface area contributed by atoms with Crippen LogP contribution in [0.3, 0.4) is 0 Å². The van der Waals surface area contributed by atoms with Crippen molar-refractivity contribution >= 4 is 15.5 Å². The molecule has 5 heteroatoms. The van der Waals surface area contributed by atoms with Crippen molar-refractivity contribution in [1.82, 2.24) is 0 Å². The van der Waals surface area contributed by atoms with E-state index in [1.54, 1.807) is 24.3 Å². The third kappa shape index (κ3) is 3.91. The van der Waals surface area contributed by atoms with Gasteiger partial charge in [0.25, 0.3) is 0 Å². The van der Waals surface area contributed by atoms with E-state index in [0.29, 0.717) is 17.9 Å². The first-order valence-corrected chi connectivity index (χ1v) is 6.84. The van der Waals surface area contributed by atoms with Gasteiger partial charge in [0.2, 0.25) is 0 Å². The van der Waals surface area contributed by atoms with Gasteiger partial charge < -0.3 is 5.32 Å². The maximum absolute atomic E-state index is 11.2. The molecule has 0 aliphatic heterocycles. The summed E-state index contributed by atoms with van der Waals surface area (Å²) in [7, 11) is -3.12. The summed E-state index contributed by atoms with van der Waals surface area (Å²) < 4.78 is 22.4. The van der Waals surface area contributed by atoms with Gasteiger partial charge in [-0.1, -0.05) is 0 Å². The molecule has 0 bridgehead atoms. The number of hydrogen-bond acceptors (Lipinski definition) is 4. The molecule has 0 radical (unpaired) electrons. The zero-order valence-electron chi connectivity index (χ0n) is 9.10. The molecule has 0 fully saturated rings. The van der Waals surface area contributed by atoms with Gasteiger partial charge in [0.1, 0.15) is 0 Å². The second-order valence-electron chi connectivity index (χ2n) is 3.48. The minimum Gasteiger partial charge on any atom is -0.385 e. The lowest BCUT2D eigenvalue weighted by Gasteiger charge is -2.05. The van der Waals surface area contributed by atoms with Crippen molar-refractivity contribution in [1.29, 1.82) is 5.26 Å². The maximum Gasteiger partial charge on any atom is 0.175 e. The van der Waals surface area contributed by atoms with Gasteiger partial charge in [0, 0.05) is 24.9 Å². The largest absolute Gasteiger partial charge is 0.385 e. The molecule has 0 saturated carbocycles. The Kier molecular flexibility index (Phi) is 4.32. The number of nitriles is 1. The Bertz CT molecular complexity index is 472. The molecular weight excluding hydrogens is 224 g/mol. The van der Waals surface area contributed by atoms with E-state index in [9.17, 15) is 8.42 Å². The Balaban J connectivity index is 2.56. The number of nitrogens with zero attached hydrogens (tertiary/aromatic N) is 1. The number of rotatable bonds is 5. The fourth-order valence-corrected chi connectivity index (χ4v) is 1.85. The van der Waals surface area contributed by atoms with Crippen molar-refractivity contribution in [3.63, 3.8) is 0 Å². The molecule has 0 aliphatic carbocycles. The van der Waals surface area contributed by atoms with Crippen LogP contribution in [-0.2, 0) is 9.84 Å². The van der Waals surface area contributed by atoms with Crippen molar-refractivity contribution in [2.45, 2.75) is 17.7 Å². The Morgan fingerprint density at radius 2 is 1.94 bits per heavy atom. The average Bonchev–Trinajstić information content (AvgIpc) is 2.24. The first-order chi connectivity index (χ1) is 7.54. The van der Waals surface area contributed by atoms with Gasteiger partial charge in [-0.05, 0) is 30.7 Å². The number of benzene rings is 1. The van der Waals surface area contributed by atoms with Crippen molar-refractivity contribution in [2.24, 2.45) is 0 Å². The van der Waals surface area contributed by atoms with E-state index in [4.69, 9.17) is 5.26 Å². The molecule has 4 nitrogen and oxygen atoms in total. The van der Waals surface area contributed by atoms with Crippen LogP contribution in [0.2, 0.25) is 0 Å². The molecule has 1 aromatic rings. The van der Waals surface area contributed by atoms with Crippen LogP contribution in [0.15, 0.2) is 29.2 Å². The number of unbranched alkanes of at least 4 members (excludes halogenated alkanes) is 1. The van der Waals surface area contributed by atoms with Crippen LogP contribution in [0.4, 0.5) is 5.69 Å². The summed E-state index contributed by atoms with van der Waals surface area (Å²) in [6, 6.07) is 8.66. The quantitative estimate of drug-likeness (QED) is 0.794. The molecule has 1 N–H and O–H groups in total. The van der Waals surface area contributed by atoms with Gasteiger partial charge in [0.05, 0.1) is 11.0 Å². The molecule has 0 amide bonds. The highest BCUT2D eigenvalue weighted by atomic mass is 32.2. The molecule has 0 unspecified atom stereocenters. The fourth-order valence-electron chi connectivity index (χ4n) is 1.22. The monoisotopic (exact) mass is 238 g/mol. The number of nitrogens with one attached hydrogen (secondary N) is 1. The average molecular weight is 238 g/mol. The van der Waals surface area contributed by atoms with Gasteiger partial charge in [-0.15, -0.1) is 0 Å². The second-order valence-corrected chi connectivity index (χ2v) is 5.50. The van der Waals surface area contributed by atoms with Crippen molar-refractivity contribution in [3.8, 4) is 6.07 Å². The zero-order valence-corrected chi connectivity index (χ0v) is 9.92. The number of hydrogen-bond donors (Lipinski definition) is 1. The topological polar surface area (TPSA) is 70.0 Å². The molecule has 16 heavy (non-hydrogen) atoms. The van der Waals surface area contributed by atoms with Gasteiger partial charge >= 0.3 is 0 Å². The van der Waals surface area contributed by atoms with Crippen molar-refractivity contribution in [2.75, 3.05) is 18.1 Å². The third-order valence-corrected chi connectivity index (χ3v) is 3.21. The highest BCUT2D eigenvalue weighted by Gasteiger charge is 2.05. The summed E-state index contributed by atoms with van der Waals surface area (Å²) in [6.45, 7) is 0.714. The Morgan fingerprint density at radius 1 is 1.31 bits per heavy atom. The second kappa shape index (κ2) is 5.52. The first kappa shape index (κ1) is 12.5. The summed E-state index contributed by atoms with van der Waals surface area (Å²) in [4.78, 5) is 0.315. The van der Waals surface area contributed by atoms with Crippen molar-refractivity contribution < 1.29 is 8.42 Å². The van der Waals surface area contributed by atoms with Crippen LogP contribution in [0.5, 0.6) is 0 Å². The summed E-state index contributed by atoms with van der Waals surface area (Å²) in [5.74, 6) is 0. The van der Waals surface area contributed by atoms with Crippen molar-refractivity contribution in [3.05, 3.63) is 24.3 Å². The summed E-state index contributed by atoms with van der Waals surface area (Å²) in [6.07, 6.45) is 2.49. The van der Waals surface area contributed by atoms with Gasteiger partial charge in [-0.3, -0.25) is 0 Å². The lowest BCUT2D eigenvalue weighted by Crippen LogP contribution is -2.02. The zero-order chi connectivity index (χ0) is 12.0. The van der Waals surface area contributed by atoms with E-state index in [-0.39, 0.29) is 0 Å². The van der Waals surface area contributed by atoms with Crippen LogP contribution < -0.4 is 5.32 Å². The van der Waals surface area contributed by atoms with Gasteiger partial charge in [-0.25, -0.2) is 8.42 Å². The third-order valence-electron chi connectivity index (χ3n) is 2.08. The highest BCUT2D eigenvalue weighted by molar-refractivity contribution is 7.90. The van der Waals surface area contributed by atoms with Gasteiger partial charge in [-0.2, -0.15) is 5.26 Å². The Labute approximate surface area is 95.8 Å². The molecule has 1 rings (SSSR count). The summed E-state index contributed by atoms with van der Waals surface area (Å²) in [5.41, 5.74) is 0.866. The molecule has 86 valence electrons. The van der Waals surface area contributed by atoms with E-state index in [0.717, 1.165) is 12.1 Å².